The maximum Gasteiger partial charge on any atom is 0.573 e. The van der Waals surface area contributed by atoms with Gasteiger partial charge in [0.25, 0.3) is 0 Å². The van der Waals surface area contributed by atoms with Crippen LogP contribution in [0, 0.1) is 0 Å². The van der Waals surface area contributed by atoms with Gasteiger partial charge in [-0.15, -0.1) is 4.52 Å². The molecular weight excluding hydrogens is 597 g/mol. The zero-order valence-electron chi connectivity index (χ0n) is 21.6. The van der Waals surface area contributed by atoms with Gasteiger partial charge in [0, 0.05) is 12.6 Å². The van der Waals surface area contributed by atoms with E-state index in [1.165, 1.54) is 6.07 Å². The molecule has 1 aromatic heterocycles. The van der Waals surface area contributed by atoms with E-state index < -0.39 is 113 Å². The third-order valence-electron chi connectivity index (χ3n) is 6.47. The number of nitrogens with two attached hydrogens (primary N) is 2. The molecule has 22 heteroatoms. The Labute approximate surface area is 236 Å². The number of anilines is 1. The topological polar surface area (TPSA) is 352 Å². The van der Waals surface area contributed by atoms with E-state index in [4.69, 9.17) is 30.0 Å². The average Bonchev–Trinajstić information content (AvgIpc) is 3.20. The quantitative estimate of drug-likeness (QED) is 0.0954. The summed E-state index contributed by atoms with van der Waals surface area (Å²) in [6.45, 7) is -2.63. The lowest BCUT2D eigenvalue weighted by atomic mass is 9.88. The van der Waals surface area contributed by atoms with Crippen LogP contribution in [0.1, 0.15) is 12.6 Å². The van der Waals surface area contributed by atoms with Gasteiger partial charge in [-0.3, -0.25) is 9.36 Å². The molecule has 0 aliphatic carbocycles. The Hall–Kier alpha value is -2.47. The molecule has 10 atom stereocenters. The van der Waals surface area contributed by atoms with Crippen molar-refractivity contribution in [2.75, 3.05) is 25.5 Å². The molecule has 2 fully saturated rings. The van der Waals surface area contributed by atoms with E-state index in [2.05, 4.69) is 10.3 Å². The maximum absolute atomic E-state index is 12.2. The summed E-state index contributed by atoms with van der Waals surface area (Å²) in [6.07, 6.45) is -14.6. The molecule has 0 saturated carbocycles. The number of amides is 1. The molecule has 1 amide bonds. The molecule has 3 rings (SSSR count). The van der Waals surface area contributed by atoms with Crippen LogP contribution in [-0.4, -0.2) is 141 Å². The van der Waals surface area contributed by atoms with Crippen LogP contribution in [0.3, 0.4) is 0 Å². The fourth-order valence-electron chi connectivity index (χ4n) is 4.34. The van der Waals surface area contributed by atoms with Gasteiger partial charge in [0.1, 0.15) is 49.0 Å². The van der Waals surface area contributed by atoms with E-state index >= 15 is 0 Å². The van der Waals surface area contributed by atoms with Crippen LogP contribution >= 0.6 is 8.17 Å². The van der Waals surface area contributed by atoms with Crippen molar-refractivity contribution in [1.29, 1.82) is 0 Å². The first-order valence-corrected chi connectivity index (χ1v) is 13.7. The number of aromatic nitrogens is 2. The summed E-state index contributed by atoms with van der Waals surface area (Å²) in [5.41, 5.74) is 9.71. The summed E-state index contributed by atoms with van der Waals surface area (Å²) in [6, 6.07) is -0.412. The number of carboxylic acid groups (broad SMARTS) is 1. The monoisotopic (exact) mass is 630 g/mol. The summed E-state index contributed by atoms with van der Waals surface area (Å²) >= 11 is 0. The predicted octanol–water partition coefficient (Wildman–Crippen LogP) is -6.77. The van der Waals surface area contributed by atoms with Crippen molar-refractivity contribution < 1.29 is 73.6 Å². The minimum Gasteiger partial charge on any atom is -0.477 e. The van der Waals surface area contributed by atoms with Crippen LogP contribution in [0.4, 0.5) is 5.82 Å². The highest BCUT2D eigenvalue weighted by Crippen LogP contribution is 2.58. The van der Waals surface area contributed by atoms with Gasteiger partial charge in [-0.05, 0) is 6.07 Å². The average molecular weight is 630 g/mol. The van der Waals surface area contributed by atoms with Gasteiger partial charge in [-0.1, -0.05) is 0 Å². The van der Waals surface area contributed by atoms with E-state index in [9.17, 15) is 59.9 Å². The fraction of sp³-hybridized carbons (Fsp3) is 0.700. The van der Waals surface area contributed by atoms with Crippen molar-refractivity contribution in [2.24, 2.45) is 5.73 Å². The molecule has 2 aliphatic rings. The summed E-state index contributed by atoms with van der Waals surface area (Å²) in [5.74, 6) is -6.27. The second kappa shape index (κ2) is 13.4. The van der Waals surface area contributed by atoms with Crippen LogP contribution in [-0.2, 0) is 28.1 Å². The molecule has 3 heterocycles. The van der Waals surface area contributed by atoms with Crippen molar-refractivity contribution in [3.63, 3.8) is 0 Å². The lowest BCUT2D eigenvalue weighted by Gasteiger charge is -2.45. The number of nitrogens with one attached hydrogen (secondary N) is 1. The number of ether oxygens (including phenoxy) is 2. The molecule has 2 unspecified atom stereocenters. The standard InChI is InChI=1S/C20H32N5O16P/c21-4-11(29)24-12-7(27)3-20(18(33)34,40-16(12)13(30)8(28)5-26)41-42(36,37)38-6-9-14(31)15(32)17(39-9)25-2-1-10(22)23-19(25)35/h1-2,7-9,12-17,26-28,30-32,36-37H,3-6,21H2,(H3-,22,23,24,29,33,34,35)/p+1/t7-,8-,9-,12-,13-,14?,15+,16?,17-,20-/m1/s1. The Morgan fingerprint density at radius 2 is 1.93 bits per heavy atom. The second-order valence-electron chi connectivity index (χ2n) is 9.42. The van der Waals surface area contributed by atoms with Crippen LogP contribution in [0.25, 0.3) is 0 Å². The minimum absolute atomic E-state index is 0.132. The van der Waals surface area contributed by atoms with Crippen molar-refractivity contribution in [1.82, 2.24) is 14.9 Å². The third kappa shape index (κ3) is 7.35. The number of hydrogen-bond donors (Lipinski definition) is 12. The highest BCUT2D eigenvalue weighted by Gasteiger charge is 2.64. The minimum atomic E-state index is -5.29. The Kier molecular flexibility index (Phi) is 10.9. The Balaban J connectivity index is 1.79. The summed E-state index contributed by atoms with van der Waals surface area (Å²) in [7, 11) is -5.29. The molecule has 0 radical (unpaired) electrons. The predicted molar refractivity (Wildman–Crippen MR) is 133 cm³/mol. The first-order chi connectivity index (χ1) is 19.6. The van der Waals surface area contributed by atoms with Crippen molar-refractivity contribution in [2.45, 2.75) is 67.2 Å². The molecule has 238 valence electrons. The first-order valence-electron chi connectivity index (χ1n) is 12.2. The van der Waals surface area contributed by atoms with Gasteiger partial charge in [0.2, 0.25) is 5.91 Å². The molecular formula is C20H33N5O16P+. The summed E-state index contributed by atoms with van der Waals surface area (Å²) < 4.78 is 21.2. The third-order valence-corrected chi connectivity index (χ3v) is 7.48. The molecule has 0 spiro atoms. The fourth-order valence-corrected chi connectivity index (χ4v) is 5.31. The summed E-state index contributed by atoms with van der Waals surface area (Å²) in [4.78, 5) is 60.5. The zero-order chi connectivity index (χ0) is 31.6. The number of carbonyl (C=O) groups is 2. The molecule has 21 nitrogen and oxygen atoms in total. The van der Waals surface area contributed by atoms with Crippen molar-refractivity contribution in [3.8, 4) is 0 Å². The number of nitrogens with zero attached hydrogens (tertiary/aromatic N) is 2. The molecule has 2 aliphatic heterocycles. The molecule has 42 heavy (non-hydrogen) atoms. The van der Waals surface area contributed by atoms with E-state index in [-0.39, 0.29) is 5.82 Å². The lowest BCUT2D eigenvalue weighted by molar-refractivity contribution is -0.291. The SMILES string of the molecule is NCC(=O)N[C@H]1C([C@H](O)[C@H](O)CO)O[C@](O[P+](O)(O)OC[C@H]2O[C@@H](n3ccc(N)nc3=O)[C@@H](O)C2O)(C(=O)O)C[C@H]1O. The van der Waals surface area contributed by atoms with E-state index in [0.717, 1.165) is 10.8 Å². The van der Waals surface area contributed by atoms with Gasteiger partial charge >= 0.3 is 25.6 Å². The number of hydrogen-bond acceptors (Lipinski definition) is 18. The van der Waals surface area contributed by atoms with Crippen LogP contribution < -0.4 is 22.5 Å². The molecule has 14 N–H and O–H groups in total. The van der Waals surface area contributed by atoms with Gasteiger partial charge in [-0.2, -0.15) is 19.3 Å². The normalized spacial score (nSPS) is 33.2. The zero-order valence-corrected chi connectivity index (χ0v) is 22.5. The molecule has 1 aromatic rings. The Morgan fingerprint density at radius 1 is 1.26 bits per heavy atom. The maximum atomic E-state index is 12.2. The number of rotatable bonds is 12. The smallest absolute Gasteiger partial charge is 0.477 e. The van der Waals surface area contributed by atoms with Gasteiger partial charge < -0.3 is 62.0 Å². The van der Waals surface area contributed by atoms with Gasteiger partial charge in [0.15, 0.2) is 6.23 Å². The highest BCUT2D eigenvalue weighted by atomic mass is 31.2. The van der Waals surface area contributed by atoms with Crippen molar-refractivity contribution >= 4 is 25.9 Å². The second-order valence-corrected chi connectivity index (χ2v) is 10.8. The van der Waals surface area contributed by atoms with E-state index in [0.29, 0.717) is 0 Å². The lowest BCUT2D eigenvalue weighted by Crippen LogP contribution is -2.68. The Bertz CT molecular complexity index is 1180. The molecule has 0 bridgehead atoms. The van der Waals surface area contributed by atoms with Gasteiger partial charge in [-0.25, -0.2) is 9.59 Å². The van der Waals surface area contributed by atoms with Crippen molar-refractivity contribution in [3.05, 3.63) is 22.7 Å². The van der Waals surface area contributed by atoms with Crippen LogP contribution in [0.15, 0.2) is 17.1 Å². The number of carbonyl (C=O) groups excluding carboxylic acids is 1. The first kappa shape index (κ1) is 34.0. The number of carboxylic acids is 1. The van der Waals surface area contributed by atoms with E-state index in [1.807, 2.05) is 0 Å². The Morgan fingerprint density at radius 3 is 2.50 bits per heavy atom. The van der Waals surface area contributed by atoms with Crippen LogP contribution in [0.5, 0.6) is 0 Å². The summed E-state index contributed by atoms with van der Waals surface area (Å²) in [5, 5.41) is 73.0. The molecule has 0 aromatic carbocycles. The molecule has 2 saturated heterocycles. The number of aliphatic hydroxyl groups excluding tert-OH is 6. The van der Waals surface area contributed by atoms with Crippen LogP contribution in [0.2, 0.25) is 0 Å². The van der Waals surface area contributed by atoms with Gasteiger partial charge in [0.05, 0.1) is 25.3 Å². The largest absolute Gasteiger partial charge is 0.573 e. The highest BCUT2D eigenvalue weighted by molar-refractivity contribution is 7.54. The number of aliphatic carboxylic acids is 1. The van der Waals surface area contributed by atoms with E-state index in [1.54, 1.807) is 0 Å². The number of aliphatic hydroxyl groups is 6. The number of nitrogen functional groups attached to an aromatic ring is 1.